The number of rotatable bonds is 4. The molecule has 3 nitrogen and oxygen atoms in total. The molecule has 3 aromatic heterocycles. The zero-order chi connectivity index (χ0) is 31.6. The summed E-state index contributed by atoms with van der Waals surface area (Å²) >= 11 is 1.75. The van der Waals surface area contributed by atoms with Crippen LogP contribution in [0.2, 0.25) is 0 Å². The SMILES string of the molecule is c1ccc(-c2cccc(-c3nc(-c4cccc5oc6ccc(-c7ccc8ccccc8c7)cc6c45)nc4c3sc3ccccc34)c2)cc1. The Balaban J connectivity index is 1.21. The third kappa shape index (κ3) is 4.34. The Hall–Kier alpha value is -6.10. The van der Waals surface area contributed by atoms with Crippen LogP contribution >= 0.6 is 11.3 Å². The molecule has 3 heterocycles. The van der Waals surface area contributed by atoms with E-state index in [9.17, 15) is 0 Å². The summed E-state index contributed by atoms with van der Waals surface area (Å²) in [6, 6.07) is 55.5. The molecule has 0 bridgehead atoms. The van der Waals surface area contributed by atoms with Crippen LogP contribution < -0.4 is 0 Å². The lowest BCUT2D eigenvalue weighted by Gasteiger charge is -2.10. The highest BCUT2D eigenvalue weighted by molar-refractivity contribution is 7.26. The lowest BCUT2D eigenvalue weighted by atomic mass is 9.98. The number of furan rings is 1. The van der Waals surface area contributed by atoms with Crippen LogP contribution in [0, 0.1) is 0 Å². The molecule has 4 heteroatoms. The van der Waals surface area contributed by atoms with Crippen molar-refractivity contribution < 1.29 is 4.42 Å². The number of hydrogen-bond donors (Lipinski definition) is 0. The summed E-state index contributed by atoms with van der Waals surface area (Å²) in [4.78, 5) is 10.7. The van der Waals surface area contributed by atoms with E-state index in [1.54, 1.807) is 11.3 Å². The maximum absolute atomic E-state index is 6.44. The van der Waals surface area contributed by atoms with Gasteiger partial charge in [-0.2, -0.15) is 0 Å². The van der Waals surface area contributed by atoms with Crippen molar-refractivity contribution in [3.05, 3.63) is 158 Å². The van der Waals surface area contributed by atoms with Crippen molar-refractivity contribution in [2.45, 2.75) is 0 Å². The Morgan fingerprint density at radius 2 is 1.19 bits per heavy atom. The smallest absolute Gasteiger partial charge is 0.161 e. The Bertz CT molecular complexity index is 2850. The molecule has 0 aliphatic carbocycles. The largest absolute Gasteiger partial charge is 0.456 e. The molecule has 0 spiro atoms. The van der Waals surface area contributed by atoms with E-state index in [1.165, 1.54) is 26.6 Å². The van der Waals surface area contributed by atoms with Crippen molar-refractivity contribution in [1.82, 2.24) is 9.97 Å². The van der Waals surface area contributed by atoms with Crippen molar-refractivity contribution in [2.24, 2.45) is 0 Å². The van der Waals surface area contributed by atoms with Crippen molar-refractivity contribution in [2.75, 3.05) is 0 Å². The van der Waals surface area contributed by atoms with Gasteiger partial charge in [0.05, 0.1) is 15.9 Å². The molecule has 0 aliphatic heterocycles. The minimum Gasteiger partial charge on any atom is -0.456 e. The first kappa shape index (κ1) is 27.1. The van der Waals surface area contributed by atoms with Crippen LogP contribution in [0.3, 0.4) is 0 Å². The number of aromatic nitrogens is 2. The van der Waals surface area contributed by atoms with Gasteiger partial charge in [-0.25, -0.2) is 9.97 Å². The number of benzene rings is 7. The Morgan fingerprint density at radius 1 is 0.458 bits per heavy atom. The van der Waals surface area contributed by atoms with Crippen molar-refractivity contribution >= 4 is 64.4 Å². The number of nitrogens with zero attached hydrogens (tertiary/aromatic N) is 2. The van der Waals surface area contributed by atoms with E-state index in [4.69, 9.17) is 14.4 Å². The summed E-state index contributed by atoms with van der Waals surface area (Å²) in [5, 5.41) is 5.68. The zero-order valence-electron chi connectivity index (χ0n) is 25.7. The van der Waals surface area contributed by atoms with Gasteiger partial charge in [0.25, 0.3) is 0 Å². The summed E-state index contributed by atoms with van der Waals surface area (Å²) in [5.41, 5.74) is 10.3. The fraction of sp³-hybridized carbons (Fsp3) is 0. The second-order valence-electron chi connectivity index (χ2n) is 12.2. The molecule has 224 valence electrons. The average molecular weight is 631 g/mol. The molecule has 7 aromatic carbocycles. The maximum atomic E-state index is 6.44. The first-order valence-electron chi connectivity index (χ1n) is 16.1. The summed E-state index contributed by atoms with van der Waals surface area (Å²) in [7, 11) is 0. The monoisotopic (exact) mass is 630 g/mol. The number of fused-ring (bicyclic) bond motifs is 7. The molecule has 0 fully saturated rings. The van der Waals surface area contributed by atoms with Crippen LogP contribution in [0.5, 0.6) is 0 Å². The molecule has 0 atom stereocenters. The number of thiophene rings is 1. The van der Waals surface area contributed by atoms with Crippen LogP contribution in [0.15, 0.2) is 162 Å². The molecular weight excluding hydrogens is 605 g/mol. The Morgan fingerprint density at radius 3 is 2.12 bits per heavy atom. The van der Waals surface area contributed by atoms with E-state index < -0.39 is 0 Å². The summed E-state index contributed by atoms with van der Waals surface area (Å²) in [5.74, 6) is 0.690. The lowest BCUT2D eigenvalue weighted by Crippen LogP contribution is -1.94. The van der Waals surface area contributed by atoms with Crippen LogP contribution in [0.1, 0.15) is 0 Å². The highest BCUT2D eigenvalue weighted by Crippen LogP contribution is 2.43. The van der Waals surface area contributed by atoms with Gasteiger partial charge in [-0.3, -0.25) is 0 Å². The fourth-order valence-electron chi connectivity index (χ4n) is 6.95. The third-order valence-corrected chi connectivity index (χ3v) is 10.4. The lowest BCUT2D eigenvalue weighted by molar-refractivity contribution is 0.669. The highest BCUT2D eigenvalue weighted by atomic mass is 32.1. The first-order valence-corrected chi connectivity index (χ1v) is 16.9. The van der Waals surface area contributed by atoms with Gasteiger partial charge in [0, 0.05) is 32.0 Å². The summed E-state index contributed by atoms with van der Waals surface area (Å²) in [6.07, 6.45) is 0. The molecule has 10 rings (SSSR count). The molecule has 0 radical (unpaired) electrons. The van der Waals surface area contributed by atoms with Crippen LogP contribution in [-0.2, 0) is 0 Å². The van der Waals surface area contributed by atoms with Gasteiger partial charge in [-0.05, 0) is 69.4 Å². The van der Waals surface area contributed by atoms with E-state index in [0.717, 1.165) is 65.5 Å². The molecule has 0 unspecified atom stereocenters. The van der Waals surface area contributed by atoms with Gasteiger partial charge >= 0.3 is 0 Å². The molecule has 0 saturated heterocycles. The second kappa shape index (κ2) is 10.7. The van der Waals surface area contributed by atoms with Gasteiger partial charge in [-0.1, -0.05) is 121 Å². The van der Waals surface area contributed by atoms with Crippen LogP contribution in [0.4, 0.5) is 0 Å². The minimum absolute atomic E-state index is 0.690. The van der Waals surface area contributed by atoms with E-state index in [-0.39, 0.29) is 0 Å². The molecule has 0 amide bonds. The highest BCUT2D eigenvalue weighted by Gasteiger charge is 2.20. The molecule has 0 N–H and O–H groups in total. The molecule has 0 aliphatic rings. The minimum atomic E-state index is 0.690. The van der Waals surface area contributed by atoms with E-state index >= 15 is 0 Å². The summed E-state index contributed by atoms with van der Waals surface area (Å²) in [6.45, 7) is 0. The van der Waals surface area contributed by atoms with Crippen LogP contribution in [-0.4, -0.2) is 9.97 Å². The first-order chi connectivity index (χ1) is 23.8. The quantitative estimate of drug-likeness (QED) is 0.194. The Labute approximate surface area is 280 Å². The molecular formula is C44H26N2OS. The normalized spacial score (nSPS) is 11.8. The van der Waals surface area contributed by atoms with Gasteiger partial charge in [0.15, 0.2) is 5.82 Å². The van der Waals surface area contributed by atoms with Gasteiger partial charge in [-0.15, -0.1) is 11.3 Å². The van der Waals surface area contributed by atoms with Crippen LogP contribution in [0.25, 0.3) is 97.9 Å². The standard InChI is InChI=1S/C44H26N2OS/c1-2-10-27(11-3-1)30-14-8-15-33(25-30)41-43-42(34-16-6-7-19-39(34)48-43)46-44(45-41)35-17-9-18-38-40(35)36-26-32(22-23-37(36)47-38)31-21-20-28-12-4-5-13-29(28)24-31/h1-26H. The zero-order valence-corrected chi connectivity index (χ0v) is 26.5. The maximum Gasteiger partial charge on any atom is 0.161 e. The van der Waals surface area contributed by atoms with Crippen molar-refractivity contribution in [1.29, 1.82) is 0 Å². The number of hydrogen-bond acceptors (Lipinski definition) is 4. The van der Waals surface area contributed by atoms with E-state index in [1.807, 2.05) is 12.1 Å². The second-order valence-corrected chi connectivity index (χ2v) is 13.2. The topological polar surface area (TPSA) is 38.9 Å². The van der Waals surface area contributed by atoms with Crippen molar-refractivity contribution in [3.8, 4) is 44.9 Å². The predicted octanol–water partition coefficient (Wildman–Crippen LogP) is 12.6. The van der Waals surface area contributed by atoms with Gasteiger partial charge in [0.1, 0.15) is 11.2 Å². The third-order valence-electron chi connectivity index (χ3n) is 9.28. The molecule has 0 saturated carbocycles. The average Bonchev–Trinajstić information content (AvgIpc) is 3.73. The fourth-order valence-corrected chi connectivity index (χ4v) is 8.10. The van der Waals surface area contributed by atoms with Gasteiger partial charge in [0.2, 0.25) is 0 Å². The Kier molecular flexibility index (Phi) is 6.05. The van der Waals surface area contributed by atoms with Crippen molar-refractivity contribution in [3.63, 3.8) is 0 Å². The molecule has 48 heavy (non-hydrogen) atoms. The predicted molar refractivity (Wildman–Crippen MR) is 201 cm³/mol. The van der Waals surface area contributed by atoms with E-state index in [0.29, 0.717) is 5.82 Å². The van der Waals surface area contributed by atoms with E-state index in [2.05, 4.69) is 146 Å². The summed E-state index contributed by atoms with van der Waals surface area (Å²) < 4.78 is 8.74. The van der Waals surface area contributed by atoms with Gasteiger partial charge < -0.3 is 4.42 Å². The molecule has 10 aromatic rings.